The highest BCUT2D eigenvalue weighted by Gasteiger charge is 2.02. The van der Waals surface area contributed by atoms with Crippen molar-refractivity contribution in [3.05, 3.63) is 70.2 Å². The Morgan fingerprint density at radius 2 is 1.73 bits per heavy atom. The molecule has 1 N–H and O–H groups in total. The van der Waals surface area contributed by atoms with Gasteiger partial charge in [-0.2, -0.15) is 0 Å². The van der Waals surface area contributed by atoms with Crippen molar-refractivity contribution < 1.29 is 4.79 Å². The fraction of sp³-hybridized carbons (Fsp3) is 0.278. The van der Waals surface area contributed by atoms with Crippen molar-refractivity contribution in [2.45, 2.75) is 18.6 Å². The van der Waals surface area contributed by atoms with E-state index in [1.54, 1.807) is 11.8 Å². The molecule has 0 saturated carbocycles. The maximum atomic E-state index is 11.8. The first-order valence-corrected chi connectivity index (χ1v) is 9.31. The van der Waals surface area contributed by atoms with Crippen LogP contribution in [0.4, 0.5) is 0 Å². The molecule has 0 atom stereocenters. The second kappa shape index (κ2) is 9.70. The molecule has 2 rings (SSSR count). The quantitative estimate of drug-likeness (QED) is 0.689. The number of hydrogen-bond donors (Lipinski definition) is 1. The molecule has 0 aliphatic heterocycles. The number of carbonyl (C=O) groups excluding carboxylic acids is 1. The zero-order valence-corrected chi connectivity index (χ0v) is 14.8. The molecule has 116 valence electrons. The summed E-state index contributed by atoms with van der Waals surface area (Å²) >= 11 is 5.07. The lowest BCUT2D eigenvalue weighted by atomic mass is 10.1. The van der Waals surface area contributed by atoms with Crippen molar-refractivity contribution in [2.75, 3.05) is 12.3 Å². The van der Waals surface area contributed by atoms with Crippen LogP contribution in [0, 0.1) is 0 Å². The Balaban J connectivity index is 1.55. The van der Waals surface area contributed by atoms with Crippen LogP contribution in [0.1, 0.15) is 17.5 Å². The Hall–Kier alpha value is -1.26. The molecule has 22 heavy (non-hydrogen) atoms. The normalized spacial score (nSPS) is 10.4. The zero-order valence-electron chi connectivity index (χ0n) is 12.4. The Morgan fingerprint density at radius 3 is 2.45 bits per heavy atom. The van der Waals surface area contributed by atoms with Gasteiger partial charge in [0.15, 0.2) is 0 Å². The smallest absolute Gasteiger partial charge is 0.230 e. The van der Waals surface area contributed by atoms with Crippen LogP contribution < -0.4 is 5.32 Å². The van der Waals surface area contributed by atoms with E-state index in [-0.39, 0.29) is 5.91 Å². The summed E-state index contributed by atoms with van der Waals surface area (Å²) in [6, 6.07) is 18.6. The summed E-state index contributed by atoms with van der Waals surface area (Å²) in [7, 11) is 0. The van der Waals surface area contributed by atoms with Gasteiger partial charge in [0, 0.05) is 16.8 Å². The monoisotopic (exact) mass is 377 g/mol. The number of benzene rings is 2. The number of thioether (sulfide) groups is 1. The molecule has 0 unspecified atom stereocenters. The molecule has 0 aromatic heterocycles. The number of rotatable bonds is 8. The lowest BCUT2D eigenvalue weighted by Crippen LogP contribution is -2.26. The Kier molecular flexibility index (Phi) is 7.54. The van der Waals surface area contributed by atoms with E-state index in [0.29, 0.717) is 5.75 Å². The molecule has 2 aromatic rings. The molecule has 0 fully saturated rings. The van der Waals surface area contributed by atoms with Gasteiger partial charge in [0.05, 0.1) is 5.75 Å². The number of amides is 1. The van der Waals surface area contributed by atoms with Gasteiger partial charge in [-0.05, 0) is 36.1 Å². The number of carbonyl (C=O) groups is 1. The van der Waals surface area contributed by atoms with E-state index in [1.165, 1.54) is 11.1 Å². The predicted molar refractivity (Wildman–Crippen MR) is 98.1 cm³/mol. The Bertz CT molecular complexity index is 571. The van der Waals surface area contributed by atoms with E-state index >= 15 is 0 Å². The number of aryl methyl sites for hydroxylation is 1. The second-order valence-corrected chi connectivity index (χ2v) is 6.96. The Morgan fingerprint density at radius 1 is 1.00 bits per heavy atom. The minimum atomic E-state index is 0.121. The molecule has 4 heteroatoms. The summed E-state index contributed by atoms with van der Waals surface area (Å²) in [5.41, 5.74) is 2.56. The van der Waals surface area contributed by atoms with Crippen molar-refractivity contribution in [1.82, 2.24) is 5.32 Å². The van der Waals surface area contributed by atoms with E-state index in [1.807, 2.05) is 30.3 Å². The third-order valence-electron chi connectivity index (χ3n) is 3.22. The number of hydrogen-bond acceptors (Lipinski definition) is 2. The van der Waals surface area contributed by atoms with Crippen LogP contribution in [-0.4, -0.2) is 18.2 Å². The highest BCUT2D eigenvalue weighted by atomic mass is 79.9. The van der Waals surface area contributed by atoms with Crippen LogP contribution in [0.5, 0.6) is 0 Å². The van der Waals surface area contributed by atoms with Crippen molar-refractivity contribution in [3.8, 4) is 0 Å². The van der Waals surface area contributed by atoms with Crippen molar-refractivity contribution in [1.29, 1.82) is 0 Å². The van der Waals surface area contributed by atoms with E-state index in [4.69, 9.17) is 0 Å². The van der Waals surface area contributed by atoms with E-state index in [2.05, 4.69) is 45.5 Å². The molecule has 2 nitrogen and oxygen atoms in total. The first-order chi connectivity index (χ1) is 10.7. The highest BCUT2D eigenvalue weighted by molar-refractivity contribution is 9.10. The number of nitrogens with one attached hydrogen (secondary N) is 1. The van der Waals surface area contributed by atoms with Crippen molar-refractivity contribution in [2.24, 2.45) is 0 Å². The maximum absolute atomic E-state index is 11.8. The van der Waals surface area contributed by atoms with Crippen molar-refractivity contribution >= 4 is 33.6 Å². The standard InChI is InChI=1S/C18H20BrNOS/c19-17-10-8-16(9-11-17)13-22-14-18(21)20-12-4-7-15-5-2-1-3-6-15/h1-3,5-6,8-11H,4,7,12-14H2,(H,20,21). The lowest BCUT2D eigenvalue weighted by Gasteiger charge is -2.06. The molecular formula is C18H20BrNOS. The third-order valence-corrected chi connectivity index (χ3v) is 4.75. The van der Waals surface area contributed by atoms with Gasteiger partial charge in [-0.15, -0.1) is 11.8 Å². The molecule has 0 radical (unpaired) electrons. The largest absolute Gasteiger partial charge is 0.355 e. The van der Waals surface area contributed by atoms with E-state index in [9.17, 15) is 4.79 Å². The summed E-state index contributed by atoms with van der Waals surface area (Å²) in [6.07, 6.45) is 1.99. The van der Waals surface area contributed by atoms with Gasteiger partial charge in [-0.25, -0.2) is 0 Å². The first-order valence-electron chi connectivity index (χ1n) is 7.37. The fourth-order valence-corrected chi connectivity index (χ4v) is 3.14. The van der Waals surface area contributed by atoms with Gasteiger partial charge < -0.3 is 5.32 Å². The zero-order chi connectivity index (χ0) is 15.6. The summed E-state index contributed by atoms with van der Waals surface area (Å²) in [4.78, 5) is 11.8. The minimum Gasteiger partial charge on any atom is -0.355 e. The van der Waals surface area contributed by atoms with Gasteiger partial charge >= 0.3 is 0 Å². The van der Waals surface area contributed by atoms with Crippen LogP contribution in [0.3, 0.4) is 0 Å². The fourth-order valence-electron chi connectivity index (χ4n) is 2.06. The highest BCUT2D eigenvalue weighted by Crippen LogP contribution is 2.15. The van der Waals surface area contributed by atoms with E-state index in [0.717, 1.165) is 29.6 Å². The SMILES string of the molecule is O=C(CSCc1ccc(Br)cc1)NCCCc1ccccc1. The minimum absolute atomic E-state index is 0.121. The van der Waals surface area contributed by atoms with Crippen LogP contribution in [0.25, 0.3) is 0 Å². The summed E-state index contributed by atoms with van der Waals surface area (Å²) in [5, 5.41) is 2.98. The summed E-state index contributed by atoms with van der Waals surface area (Å²) in [5.74, 6) is 1.50. The number of halogens is 1. The predicted octanol–water partition coefficient (Wildman–Crippen LogP) is 4.43. The third kappa shape index (κ3) is 6.67. The summed E-state index contributed by atoms with van der Waals surface area (Å²) < 4.78 is 1.08. The van der Waals surface area contributed by atoms with Gasteiger partial charge in [-0.1, -0.05) is 58.4 Å². The first kappa shape index (κ1) is 17.1. The topological polar surface area (TPSA) is 29.1 Å². The molecule has 1 amide bonds. The lowest BCUT2D eigenvalue weighted by molar-refractivity contribution is -0.118. The molecule has 0 aliphatic rings. The molecule has 0 bridgehead atoms. The van der Waals surface area contributed by atoms with Gasteiger partial charge in [0.2, 0.25) is 5.91 Å². The van der Waals surface area contributed by atoms with Crippen LogP contribution in [0.2, 0.25) is 0 Å². The molecule has 0 saturated heterocycles. The van der Waals surface area contributed by atoms with E-state index < -0.39 is 0 Å². The average molecular weight is 378 g/mol. The molecule has 0 spiro atoms. The Labute approximate surface area is 144 Å². The second-order valence-electron chi connectivity index (χ2n) is 5.06. The van der Waals surface area contributed by atoms with Crippen LogP contribution in [-0.2, 0) is 17.0 Å². The maximum Gasteiger partial charge on any atom is 0.230 e. The molecule has 0 aliphatic carbocycles. The van der Waals surface area contributed by atoms with Gasteiger partial charge in [0.1, 0.15) is 0 Å². The van der Waals surface area contributed by atoms with Gasteiger partial charge in [0.25, 0.3) is 0 Å². The molecule has 0 heterocycles. The summed E-state index contributed by atoms with van der Waals surface area (Å²) in [6.45, 7) is 0.743. The van der Waals surface area contributed by atoms with Crippen molar-refractivity contribution in [3.63, 3.8) is 0 Å². The van der Waals surface area contributed by atoms with Crippen LogP contribution in [0.15, 0.2) is 59.1 Å². The van der Waals surface area contributed by atoms with Crippen LogP contribution >= 0.6 is 27.7 Å². The molecular weight excluding hydrogens is 358 g/mol. The average Bonchev–Trinajstić information content (AvgIpc) is 2.54. The molecule has 2 aromatic carbocycles. The van der Waals surface area contributed by atoms with Gasteiger partial charge in [-0.3, -0.25) is 4.79 Å².